The first kappa shape index (κ1) is 21.5. The second-order valence-electron chi connectivity index (χ2n) is 7.16. The third kappa shape index (κ3) is 5.12. The van der Waals surface area contributed by atoms with Crippen molar-refractivity contribution in [1.82, 2.24) is 9.97 Å². The molecule has 0 fully saturated rings. The number of methoxy groups -OCH3 is 1. The summed E-state index contributed by atoms with van der Waals surface area (Å²) in [6.45, 7) is 2.45. The Labute approximate surface area is 189 Å². The lowest BCUT2D eigenvalue weighted by molar-refractivity contribution is -0.131. The Morgan fingerprint density at radius 2 is 1.88 bits per heavy atom. The highest BCUT2D eigenvalue weighted by atomic mass is 32.2. The van der Waals surface area contributed by atoms with Gasteiger partial charge in [0, 0.05) is 0 Å². The van der Waals surface area contributed by atoms with Crippen molar-refractivity contribution in [3.63, 3.8) is 0 Å². The summed E-state index contributed by atoms with van der Waals surface area (Å²) in [5.74, 6) is 0.0884. The zero-order valence-corrected chi connectivity index (χ0v) is 18.5. The molecular formula is C25H22N2O4S. The highest BCUT2D eigenvalue weighted by molar-refractivity contribution is 8.04. The number of carboxylic acids is 1. The Hall–Kier alpha value is -3.71. The van der Waals surface area contributed by atoms with E-state index in [4.69, 9.17) is 9.47 Å². The Morgan fingerprint density at radius 3 is 2.59 bits per heavy atom. The molecule has 4 aromatic rings. The predicted molar refractivity (Wildman–Crippen MR) is 126 cm³/mol. The number of ether oxygens (including phenoxy) is 2. The van der Waals surface area contributed by atoms with Crippen molar-refractivity contribution in [3.8, 4) is 11.5 Å². The lowest BCUT2D eigenvalue weighted by atomic mass is 10.1. The number of imidazole rings is 1. The van der Waals surface area contributed by atoms with E-state index >= 15 is 0 Å². The largest absolute Gasteiger partial charge is 0.493 e. The minimum atomic E-state index is -1.03. The molecular weight excluding hydrogens is 424 g/mol. The maximum atomic E-state index is 11.8. The van der Waals surface area contributed by atoms with Crippen LogP contribution >= 0.6 is 11.8 Å². The molecule has 3 aromatic carbocycles. The Morgan fingerprint density at radius 1 is 1.09 bits per heavy atom. The Kier molecular flexibility index (Phi) is 6.47. The summed E-state index contributed by atoms with van der Waals surface area (Å²) in [6, 6.07) is 21.0. The maximum absolute atomic E-state index is 11.8. The maximum Gasteiger partial charge on any atom is 0.342 e. The van der Waals surface area contributed by atoms with E-state index in [1.807, 2.05) is 55.5 Å². The van der Waals surface area contributed by atoms with Gasteiger partial charge < -0.3 is 19.6 Å². The number of thioether (sulfide) groups is 1. The number of rotatable bonds is 8. The van der Waals surface area contributed by atoms with E-state index in [0.717, 1.165) is 28.4 Å². The van der Waals surface area contributed by atoms with Crippen LogP contribution in [-0.2, 0) is 11.4 Å². The smallest absolute Gasteiger partial charge is 0.342 e. The van der Waals surface area contributed by atoms with Gasteiger partial charge in [-0.25, -0.2) is 9.78 Å². The molecule has 162 valence electrons. The van der Waals surface area contributed by atoms with E-state index in [1.54, 1.807) is 31.4 Å². The van der Waals surface area contributed by atoms with Crippen LogP contribution in [0.4, 0.5) is 0 Å². The highest BCUT2D eigenvalue weighted by Gasteiger charge is 2.14. The predicted octanol–water partition coefficient (Wildman–Crippen LogP) is 5.68. The number of aliphatic carboxylic acids is 1. The number of carbonyl (C=O) groups is 1. The molecule has 0 radical (unpaired) electrons. The van der Waals surface area contributed by atoms with Crippen LogP contribution in [0.1, 0.15) is 16.7 Å². The zero-order valence-electron chi connectivity index (χ0n) is 17.7. The third-order valence-corrected chi connectivity index (χ3v) is 5.68. The summed E-state index contributed by atoms with van der Waals surface area (Å²) in [4.78, 5) is 19.6. The first-order valence-corrected chi connectivity index (χ1v) is 10.8. The minimum absolute atomic E-state index is 0.138. The van der Waals surface area contributed by atoms with Gasteiger partial charge in [-0.1, -0.05) is 48.0 Å². The van der Waals surface area contributed by atoms with Crippen molar-refractivity contribution in [2.24, 2.45) is 0 Å². The molecule has 1 heterocycles. The van der Waals surface area contributed by atoms with Crippen LogP contribution in [0.15, 0.2) is 76.8 Å². The summed E-state index contributed by atoms with van der Waals surface area (Å²) in [6.07, 6.45) is 1.59. The Balaban J connectivity index is 1.53. The number of H-pyrrole nitrogens is 1. The third-order valence-electron chi connectivity index (χ3n) is 4.79. The highest BCUT2D eigenvalue weighted by Crippen LogP contribution is 2.32. The molecule has 0 atom stereocenters. The molecule has 0 saturated carbocycles. The standard InChI is InChI=1S/C25H22N2O4S/c1-16-7-9-17(10-8-16)15-31-21-12-11-18(13-22(21)30-2)14-23(24(28)29)32-25-26-19-5-3-4-6-20(19)27-25/h3-14H,15H2,1-2H3,(H,26,27)(H,28,29)/b23-14-. The molecule has 4 rings (SSSR count). The zero-order chi connectivity index (χ0) is 22.5. The van der Waals surface area contributed by atoms with Crippen molar-refractivity contribution in [3.05, 3.63) is 88.3 Å². The lowest BCUT2D eigenvalue weighted by Gasteiger charge is -2.12. The van der Waals surface area contributed by atoms with Crippen LogP contribution in [0.25, 0.3) is 17.1 Å². The van der Waals surface area contributed by atoms with Gasteiger partial charge in [0.1, 0.15) is 11.5 Å². The van der Waals surface area contributed by atoms with Crippen molar-refractivity contribution < 1.29 is 19.4 Å². The van der Waals surface area contributed by atoms with E-state index < -0.39 is 5.97 Å². The van der Waals surface area contributed by atoms with Crippen LogP contribution in [0.5, 0.6) is 11.5 Å². The fraction of sp³-hybridized carbons (Fsp3) is 0.120. The summed E-state index contributed by atoms with van der Waals surface area (Å²) in [5, 5.41) is 10.2. The average molecular weight is 447 g/mol. The number of benzene rings is 3. The van der Waals surface area contributed by atoms with Crippen molar-refractivity contribution in [2.45, 2.75) is 18.7 Å². The van der Waals surface area contributed by atoms with Gasteiger partial charge in [0.05, 0.1) is 18.1 Å². The molecule has 32 heavy (non-hydrogen) atoms. The fourth-order valence-electron chi connectivity index (χ4n) is 3.11. The van der Waals surface area contributed by atoms with E-state index in [9.17, 15) is 9.90 Å². The molecule has 0 bridgehead atoms. The monoisotopic (exact) mass is 446 g/mol. The number of hydrogen-bond acceptors (Lipinski definition) is 5. The molecule has 0 saturated heterocycles. The fourth-order valence-corrected chi connectivity index (χ4v) is 3.90. The van der Waals surface area contributed by atoms with Gasteiger partial charge in [-0.3, -0.25) is 0 Å². The SMILES string of the molecule is COc1cc(/C=C(\Sc2nc3ccccc3[nH]2)C(=O)O)ccc1OCc1ccc(C)cc1. The van der Waals surface area contributed by atoms with Gasteiger partial charge in [0.2, 0.25) is 0 Å². The van der Waals surface area contributed by atoms with E-state index in [-0.39, 0.29) is 4.91 Å². The minimum Gasteiger partial charge on any atom is -0.493 e. The number of nitrogens with one attached hydrogen (secondary N) is 1. The molecule has 7 heteroatoms. The molecule has 1 aromatic heterocycles. The lowest BCUT2D eigenvalue weighted by Crippen LogP contribution is -1.99. The number of hydrogen-bond donors (Lipinski definition) is 2. The van der Waals surface area contributed by atoms with E-state index in [1.165, 1.54) is 5.56 Å². The topological polar surface area (TPSA) is 84.4 Å². The van der Waals surface area contributed by atoms with Crippen LogP contribution in [0.3, 0.4) is 0 Å². The normalized spacial score (nSPS) is 11.5. The van der Waals surface area contributed by atoms with Crippen molar-refractivity contribution in [2.75, 3.05) is 7.11 Å². The molecule has 0 aliphatic carbocycles. The summed E-state index contributed by atoms with van der Waals surface area (Å²) >= 11 is 1.07. The summed E-state index contributed by atoms with van der Waals surface area (Å²) in [7, 11) is 1.56. The van der Waals surface area contributed by atoms with Gasteiger partial charge in [0.25, 0.3) is 0 Å². The summed E-state index contributed by atoms with van der Waals surface area (Å²) in [5.41, 5.74) is 4.58. The molecule has 6 nitrogen and oxygen atoms in total. The van der Waals surface area contributed by atoms with Gasteiger partial charge in [-0.2, -0.15) is 0 Å². The quantitative estimate of drug-likeness (QED) is 0.268. The number of aromatic amines is 1. The molecule has 0 spiro atoms. The molecule has 2 N–H and O–H groups in total. The van der Waals surface area contributed by atoms with E-state index in [0.29, 0.717) is 28.8 Å². The number of nitrogens with zero attached hydrogens (tertiary/aromatic N) is 1. The number of carboxylic acid groups (broad SMARTS) is 1. The molecule has 0 aliphatic rings. The van der Waals surface area contributed by atoms with Crippen LogP contribution in [0.2, 0.25) is 0 Å². The van der Waals surface area contributed by atoms with Crippen molar-refractivity contribution >= 4 is 34.8 Å². The number of aromatic nitrogens is 2. The molecule has 0 unspecified atom stereocenters. The Bertz CT molecular complexity index is 1250. The molecule has 0 amide bonds. The summed E-state index contributed by atoms with van der Waals surface area (Å²) < 4.78 is 11.4. The number of aryl methyl sites for hydroxylation is 1. The second kappa shape index (κ2) is 9.62. The van der Waals surface area contributed by atoms with Crippen LogP contribution in [-0.4, -0.2) is 28.2 Å². The van der Waals surface area contributed by atoms with Crippen molar-refractivity contribution in [1.29, 1.82) is 0 Å². The van der Waals surface area contributed by atoms with Gasteiger partial charge in [-0.15, -0.1) is 0 Å². The van der Waals surface area contributed by atoms with Gasteiger partial charge in [0.15, 0.2) is 16.7 Å². The second-order valence-corrected chi connectivity index (χ2v) is 8.19. The van der Waals surface area contributed by atoms with Gasteiger partial charge >= 0.3 is 5.97 Å². The molecule has 0 aliphatic heterocycles. The number of fused-ring (bicyclic) bond motifs is 1. The first-order valence-electron chi connectivity index (χ1n) is 9.96. The number of para-hydroxylation sites is 2. The van der Waals surface area contributed by atoms with E-state index in [2.05, 4.69) is 9.97 Å². The van der Waals surface area contributed by atoms with Gasteiger partial charge in [-0.05, 0) is 60.2 Å². The first-order chi connectivity index (χ1) is 15.5. The van der Waals surface area contributed by atoms with Crippen LogP contribution < -0.4 is 9.47 Å². The van der Waals surface area contributed by atoms with Crippen LogP contribution in [0, 0.1) is 6.92 Å². The average Bonchev–Trinajstić information content (AvgIpc) is 3.21.